The van der Waals surface area contributed by atoms with E-state index in [4.69, 9.17) is 11.6 Å². The molecule has 1 aliphatic heterocycles. The van der Waals surface area contributed by atoms with Crippen molar-refractivity contribution < 1.29 is 9.90 Å². The number of rotatable bonds is 3. The van der Waals surface area contributed by atoms with Gasteiger partial charge in [0.25, 0.3) is 5.91 Å². The first-order valence-corrected chi connectivity index (χ1v) is 7.01. The first-order chi connectivity index (χ1) is 9.13. The Morgan fingerprint density at radius 3 is 2.79 bits per heavy atom. The lowest BCUT2D eigenvalue weighted by molar-refractivity contribution is 0.0656. The molecule has 0 unspecified atom stereocenters. The lowest BCUT2D eigenvalue weighted by Gasteiger charge is -2.34. The molecule has 0 spiro atoms. The molecule has 0 radical (unpaired) electrons. The normalized spacial score (nSPS) is 16.3. The number of aromatic hydroxyl groups is 1. The average Bonchev–Trinajstić information content (AvgIpc) is 2.43. The number of nitrogens with zero attached hydrogens (tertiary/aromatic N) is 1. The Kier molecular flexibility index (Phi) is 4.66. The Morgan fingerprint density at radius 2 is 2.16 bits per heavy atom. The van der Waals surface area contributed by atoms with Crippen molar-refractivity contribution in [3.63, 3.8) is 0 Å². The second-order valence-electron chi connectivity index (χ2n) is 4.74. The Bertz CT molecular complexity index is 459. The van der Waals surface area contributed by atoms with E-state index in [0.717, 1.165) is 25.9 Å². The van der Waals surface area contributed by atoms with Crippen LogP contribution < -0.4 is 5.32 Å². The predicted octanol–water partition coefficient (Wildman–Crippen LogP) is 2.26. The number of benzene rings is 1. The van der Waals surface area contributed by atoms with E-state index in [1.54, 1.807) is 6.07 Å². The van der Waals surface area contributed by atoms with Crippen molar-refractivity contribution in [3.8, 4) is 5.75 Å². The van der Waals surface area contributed by atoms with Crippen LogP contribution in [0.15, 0.2) is 18.2 Å². The molecular formula is C14H19ClN2O2. The summed E-state index contributed by atoms with van der Waals surface area (Å²) in [5.74, 6) is -0.0376. The summed E-state index contributed by atoms with van der Waals surface area (Å²) in [6.07, 6.45) is 1.91. The molecule has 0 saturated carbocycles. The maximum Gasteiger partial charge on any atom is 0.255 e. The standard InChI is InChI=1S/C14H19ClN2O2/c1-2-17(10-5-7-16-8-6-10)14(19)12-9-11(18)3-4-13(12)15/h3-4,9-10,16,18H,2,5-8H2,1H3. The first-order valence-electron chi connectivity index (χ1n) is 6.63. The number of carbonyl (C=O) groups is 1. The molecular weight excluding hydrogens is 264 g/mol. The van der Waals surface area contributed by atoms with Gasteiger partial charge < -0.3 is 15.3 Å². The molecule has 1 aromatic carbocycles. The van der Waals surface area contributed by atoms with Gasteiger partial charge in [-0.3, -0.25) is 4.79 Å². The Hall–Kier alpha value is -1.26. The van der Waals surface area contributed by atoms with Crippen molar-refractivity contribution in [1.82, 2.24) is 10.2 Å². The van der Waals surface area contributed by atoms with Gasteiger partial charge in [0.15, 0.2) is 0 Å². The quantitative estimate of drug-likeness (QED) is 0.894. The second-order valence-corrected chi connectivity index (χ2v) is 5.14. The van der Waals surface area contributed by atoms with Crippen molar-refractivity contribution in [1.29, 1.82) is 0 Å². The summed E-state index contributed by atoms with van der Waals surface area (Å²) >= 11 is 6.06. The minimum absolute atomic E-state index is 0.0640. The number of hydrogen-bond donors (Lipinski definition) is 2. The highest BCUT2D eigenvalue weighted by Gasteiger charge is 2.26. The zero-order valence-corrected chi connectivity index (χ0v) is 11.8. The third-order valence-corrected chi connectivity index (χ3v) is 3.86. The maximum absolute atomic E-state index is 12.6. The van der Waals surface area contributed by atoms with E-state index in [-0.39, 0.29) is 17.7 Å². The summed E-state index contributed by atoms with van der Waals surface area (Å²) in [7, 11) is 0. The van der Waals surface area contributed by atoms with Crippen LogP contribution in [-0.4, -0.2) is 41.6 Å². The van der Waals surface area contributed by atoms with Gasteiger partial charge in [0.1, 0.15) is 5.75 Å². The average molecular weight is 283 g/mol. The highest BCUT2D eigenvalue weighted by atomic mass is 35.5. The van der Waals surface area contributed by atoms with Crippen molar-refractivity contribution in [2.75, 3.05) is 19.6 Å². The van der Waals surface area contributed by atoms with Crippen molar-refractivity contribution in [2.24, 2.45) is 0 Å². The molecule has 1 aliphatic rings. The summed E-state index contributed by atoms with van der Waals surface area (Å²) in [5, 5.41) is 13.2. The molecule has 4 nitrogen and oxygen atoms in total. The van der Waals surface area contributed by atoms with E-state index in [9.17, 15) is 9.90 Å². The van der Waals surface area contributed by atoms with Gasteiger partial charge in [0.05, 0.1) is 10.6 Å². The summed E-state index contributed by atoms with van der Waals surface area (Å²) < 4.78 is 0. The van der Waals surface area contributed by atoms with Crippen LogP contribution in [0.3, 0.4) is 0 Å². The Balaban J connectivity index is 2.22. The number of halogens is 1. The van der Waals surface area contributed by atoms with Crippen LogP contribution in [0.4, 0.5) is 0 Å². The van der Waals surface area contributed by atoms with E-state index >= 15 is 0 Å². The molecule has 0 aliphatic carbocycles. The predicted molar refractivity (Wildman–Crippen MR) is 75.7 cm³/mol. The summed E-state index contributed by atoms with van der Waals surface area (Å²) in [6.45, 7) is 4.48. The molecule has 5 heteroatoms. The summed E-state index contributed by atoms with van der Waals surface area (Å²) in [4.78, 5) is 14.4. The van der Waals surface area contributed by atoms with Crippen LogP contribution in [0.2, 0.25) is 5.02 Å². The van der Waals surface area contributed by atoms with Crippen LogP contribution in [-0.2, 0) is 0 Å². The zero-order chi connectivity index (χ0) is 13.8. The molecule has 0 bridgehead atoms. The summed E-state index contributed by atoms with van der Waals surface area (Å²) in [6, 6.07) is 4.73. The number of phenolic OH excluding ortho intramolecular Hbond substituents is 1. The van der Waals surface area contributed by atoms with Gasteiger partial charge in [0, 0.05) is 12.6 Å². The van der Waals surface area contributed by atoms with Crippen molar-refractivity contribution >= 4 is 17.5 Å². The fourth-order valence-corrected chi connectivity index (χ4v) is 2.72. The van der Waals surface area contributed by atoms with Gasteiger partial charge >= 0.3 is 0 Å². The van der Waals surface area contributed by atoms with E-state index in [1.807, 2.05) is 11.8 Å². The van der Waals surface area contributed by atoms with E-state index in [0.29, 0.717) is 17.1 Å². The lowest BCUT2D eigenvalue weighted by Crippen LogP contribution is -2.46. The van der Waals surface area contributed by atoms with E-state index in [1.165, 1.54) is 12.1 Å². The van der Waals surface area contributed by atoms with Gasteiger partial charge in [-0.2, -0.15) is 0 Å². The Morgan fingerprint density at radius 1 is 1.47 bits per heavy atom. The van der Waals surface area contributed by atoms with Crippen LogP contribution in [0, 0.1) is 0 Å². The van der Waals surface area contributed by atoms with E-state index in [2.05, 4.69) is 5.32 Å². The van der Waals surface area contributed by atoms with Gasteiger partial charge in [0.2, 0.25) is 0 Å². The summed E-state index contributed by atoms with van der Waals surface area (Å²) in [5.41, 5.74) is 0.377. The third kappa shape index (κ3) is 3.19. The molecule has 1 amide bonds. The smallest absolute Gasteiger partial charge is 0.255 e. The molecule has 19 heavy (non-hydrogen) atoms. The number of nitrogens with one attached hydrogen (secondary N) is 1. The maximum atomic E-state index is 12.6. The van der Waals surface area contributed by atoms with Crippen LogP contribution in [0.25, 0.3) is 0 Å². The number of piperidine rings is 1. The second kappa shape index (κ2) is 6.26. The first kappa shape index (κ1) is 14.2. The van der Waals surface area contributed by atoms with Crippen LogP contribution >= 0.6 is 11.6 Å². The van der Waals surface area contributed by atoms with Gasteiger partial charge in [-0.05, 0) is 51.1 Å². The molecule has 1 saturated heterocycles. The highest BCUT2D eigenvalue weighted by Crippen LogP contribution is 2.24. The number of phenols is 1. The molecule has 1 aromatic rings. The van der Waals surface area contributed by atoms with Crippen LogP contribution in [0.5, 0.6) is 5.75 Å². The fraction of sp³-hybridized carbons (Fsp3) is 0.500. The molecule has 104 valence electrons. The van der Waals surface area contributed by atoms with Gasteiger partial charge in [-0.15, -0.1) is 0 Å². The molecule has 2 rings (SSSR count). The minimum Gasteiger partial charge on any atom is -0.508 e. The monoisotopic (exact) mass is 282 g/mol. The SMILES string of the molecule is CCN(C(=O)c1cc(O)ccc1Cl)C1CCNCC1. The van der Waals surface area contributed by atoms with E-state index < -0.39 is 0 Å². The topological polar surface area (TPSA) is 52.6 Å². The Labute approximate surface area is 118 Å². The largest absolute Gasteiger partial charge is 0.508 e. The number of carbonyl (C=O) groups excluding carboxylic acids is 1. The number of hydrogen-bond acceptors (Lipinski definition) is 3. The number of amides is 1. The van der Waals surface area contributed by atoms with Crippen molar-refractivity contribution in [3.05, 3.63) is 28.8 Å². The zero-order valence-electron chi connectivity index (χ0n) is 11.0. The molecule has 0 aromatic heterocycles. The third-order valence-electron chi connectivity index (χ3n) is 3.53. The van der Waals surface area contributed by atoms with Gasteiger partial charge in [-0.1, -0.05) is 11.6 Å². The molecule has 0 atom stereocenters. The minimum atomic E-state index is -0.102. The lowest BCUT2D eigenvalue weighted by atomic mass is 10.0. The molecule has 2 N–H and O–H groups in total. The van der Waals surface area contributed by atoms with Gasteiger partial charge in [-0.25, -0.2) is 0 Å². The van der Waals surface area contributed by atoms with Crippen LogP contribution in [0.1, 0.15) is 30.1 Å². The molecule has 1 heterocycles. The molecule has 1 fully saturated rings. The highest BCUT2D eigenvalue weighted by molar-refractivity contribution is 6.33. The van der Waals surface area contributed by atoms with Crippen molar-refractivity contribution in [2.45, 2.75) is 25.8 Å². The fourth-order valence-electron chi connectivity index (χ4n) is 2.52.